The van der Waals surface area contributed by atoms with Gasteiger partial charge in [0.15, 0.2) is 6.61 Å². The number of nitrogens with zero attached hydrogens (tertiary/aromatic N) is 1. The van der Waals surface area contributed by atoms with Crippen LogP contribution in [-0.4, -0.2) is 27.2 Å². The minimum Gasteiger partial charge on any atom is -0.479 e. The maximum Gasteiger partial charge on any atom is 0.422 e. The number of benzene rings is 1. The van der Waals surface area contributed by atoms with E-state index in [0.717, 1.165) is 0 Å². The predicted octanol–water partition coefficient (Wildman–Crippen LogP) is 1.38. The molecule has 0 heterocycles. The van der Waals surface area contributed by atoms with Gasteiger partial charge >= 0.3 is 16.3 Å². The molecule has 0 spiro atoms. The molecule has 0 aliphatic carbocycles. The van der Waals surface area contributed by atoms with Crippen LogP contribution in [0.5, 0.6) is 5.75 Å². The Bertz CT molecular complexity index is 637. The average molecular weight is 313 g/mol. The molecule has 0 fully saturated rings. The Balaban J connectivity index is 2.71. The van der Waals surface area contributed by atoms with Gasteiger partial charge in [-0.1, -0.05) is 6.07 Å². The summed E-state index contributed by atoms with van der Waals surface area (Å²) in [6.45, 7) is 3.03. The summed E-state index contributed by atoms with van der Waals surface area (Å²) >= 11 is 0. The van der Waals surface area contributed by atoms with E-state index in [9.17, 15) is 13.2 Å². The van der Waals surface area contributed by atoms with Crippen LogP contribution in [0, 0.1) is 11.3 Å². The Kier molecular flexibility index (Phi) is 5.80. The monoisotopic (exact) mass is 313 g/mol. The molecule has 1 aromatic carbocycles. The molecule has 2 N–H and O–H groups in total. The molecule has 0 radical (unpaired) electrons. The van der Waals surface area contributed by atoms with Crippen molar-refractivity contribution in [2.24, 2.45) is 0 Å². The fourth-order valence-electron chi connectivity index (χ4n) is 1.29. The molecule has 8 nitrogen and oxygen atoms in total. The van der Waals surface area contributed by atoms with Gasteiger partial charge in [-0.3, -0.25) is 4.72 Å². The topological polar surface area (TPSA) is 118 Å². The molecule has 0 aromatic heterocycles. The molecule has 0 aliphatic rings. The van der Waals surface area contributed by atoms with Crippen molar-refractivity contribution in [1.82, 2.24) is 4.72 Å². The van der Waals surface area contributed by atoms with Crippen molar-refractivity contribution in [3.63, 3.8) is 0 Å². The number of carbonyl (C=O) groups excluding carboxylic acids is 1. The second-order valence-electron chi connectivity index (χ2n) is 4.14. The smallest absolute Gasteiger partial charge is 0.422 e. The van der Waals surface area contributed by atoms with Gasteiger partial charge in [-0.25, -0.2) is 9.52 Å². The van der Waals surface area contributed by atoms with E-state index in [1.807, 2.05) is 0 Å². The molecule has 0 saturated heterocycles. The molecule has 9 heteroatoms. The zero-order valence-corrected chi connectivity index (χ0v) is 12.3. The van der Waals surface area contributed by atoms with Crippen LogP contribution in [0.25, 0.3) is 0 Å². The Labute approximate surface area is 122 Å². The van der Waals surface area contributed by atoms with Gasteiger partial charge in [0.2, 0.25) is 0 Å². The van der Waals surface area contributed by atoms with Gasteiger partial charge in [0, 0.05) is 6.07 Å². The van der Waals surface area contributed by atoms with Crippen LogP contribution in [0.1, 0.15) is 13.8 Å². The molecule has 114 valence electrons. The van der Waals surface area contributed by atoms with E-state index in [-0.39, 0.29) is 12.3 Å². The van der Waals surface area contributed by atoms with Crippen LogP contribution in [0.3, 0.4) is 0 Å². The quantitative estimate of drug-likeness (QED) is 0.819. The normalized spacial score (nSPS) is 10.6. The largest absolute Gasteiger partial charge is 0.479 e. The van der Waals surface area contributed by atoms with Crippen LogP contribution in [0.4, 0.5) is 10.5 Å². The molecule has 1 rings (SSSR count). The lowest BCUT2D eigenvalue weighted by Crippen LogP contribution is -2.36. The molecule has 0 aliphatic heterocycles. The highest BCUT2D eigenvalue weighted by Gasteiger charge is 2.16. The summed E-state index contributed by atoms with van der Waals surface area (Å²) in [5, 5.41) is 8.41. The van der Waals surface area contributed by atoms with Crippen molar-refractivity contribution in [3.05, 3.63) is 24.3 Å². The summed E-state index contributed by atoms with van der Waals surface area (Å²) in [6, 6.07) is 7.74. The van der Waals surface area contributed by atoms with Crippen LogP contribution in [0.15, 0.2) is 24.3 Å². The van der Waals surface area contributed by atoms with Crippen molar-refractivity contribution < 1.29 is 22.7 Å². The Hall–Kier alpha value is -2.47. The highest BCUT2D eigenvalue weighted by Crippen LogP contribution is 2.17. The Morgan fingerprint density at radius 1 is 1.43 bits per heavy atom. The first-order chi connectivity index (χ1) is 9.82. The third-order valence-electron chi connectivity index (χ3n) is 1.95. The van der Waals surface area contributed by atoms with E-state index < -0.39 is 22.4 Å². The van der Waals surface area contributed by atoms with Gasteiger partial charge in [-0.15, -0.1) is 0 Å². The van der Waals surface area contributed by atoms with E-state index in [4.69, 9.17) is 10.00 Å². The molecule has 0 unspecified atom stereocenters. The number of carbonyl (C=O) groups is 1. The first-order valence-electron chi connectivity index (χ1n) is 5.93. The number of hydrogen-bond donors (Lipinski definition) is 2. The number of amides is 1. The molecule has 1 aromatic rings. The number of nitrogens with one attached hydrogen (secondary N) is 2. The molecule has 0 bridgehead atoms. The Morgan fingerprint density at radius 3 is 2.76 bits per heavy atom. The fraction of sp³-hybridized carbons (Fsp3) is 0.333. The van der Waals surface area contributed by atoms with Crippen molar-refractivity contribution >= 4 is 22.0 Å². The number of ether oxygens (including phenoxy) is 2. The van der Waals surface area contributed by atoms with E-state index in [1.165, 1.54) is 18.2 Å². The first kappa shape index (κ1) is 16.6. The number of nitriles is 1. The number of rotatable bonds is 6. The minimum atomic E-state index is -4.11. The Morgan fingerprint density at radius 2 is 2.14 bits per heavy atom. The maximum absolute atomic E-state index is 11.7. The maximum atomic E-state index is 11.7. The SMILES string of the molecule is CC(C)OC(=O)NS(=O)(=O)Nc1cccc(OCC#N)c1. The van der Waals surface area contributed by atoms with Crippen LogP contribution in [-0.2, 0) is 14.9 Å². The fourth-order valence-corrected chi connectivity index (χ4v) is 2.05. The summed E-state index contributed by atoms with van der Waals surface area (Å²) in [6.07, 6.45) is -1.52. The summed E-state index contributed by atoms with van der Waals surface area (Å²) in [5.74, 6) is 0.321. The van der Waals surface area contributed by atoms with Gasteiger partial charge < -0.3 is 9.47 Å². The van der Waals surface area contributed by atoms with Gasteiger partial charge in [0.25, 0.3) is 0 Å². The lowest BCUT2D eigenvalue weighted by Gasteiger charge is -2.12. The number of anilines is 1. The molecular formula is C12H15N3O5S. The molecule has 21 heavy (non-hydrogen) atoms. The van der Waals surface area contributed by atoms with Gasteiger partial charge in [0.1, 0.15) is 11.8 Å². The van der Waals surface area contributed by atoms with Crippen LogP contribution in [0.2, 0.25) is 0 Å². The summed E-state index contributed by atoms with van der Waals surface area (Å²) < 4.78 is 37.0. The van der Waals surface area contributed by atoms with Crippen LogP contribution >= 0.6 is 0 Å². The van der Waals surface area contributed by atoms with Gasteiger partial charge in [-0.2, -0.15) is 13.7 Å². The lowest BCUT2D eigenvalue weighted by atomic mass is 10.3. The highest BCUT2D eigenvalue weighted by atomic mass is 32.2. The van der Waals surface area contributed by atoms with Gasteiger partial charge in [0.05, 0.1) is 11.8 Å². The summed E-state index contributed by atoms with van der Waals surface area (Å²) in [7, 11) is -4.11. The molecule has 1 amide bonds. The van der Waals surface area contributed by atoms with Crippen molar-refractivity contribution in [3.8, 4) is 11.8 Å². The van der Waals surface area contributed by atoms with Crippen LogP contribution < -0.4 is 14.2 Å². The first-order valence-corrected chi connectivity index (χ1v) is 7.41. The molecular weight excluding hydrogens is 298 g/mol. The standard InChI is InChI=1S/C12H15N3O5S/c1-9(2)20-12(16)15-21(17,18)14-10-4-3-5-11(8-10)19-7-6-13/h3-5,8-9,14H,7H2,1-2H3,(H,15,16). The van der Waals surface area contributed by atoms with Crippen molar-refractivity contribution in [1.29, 1.82) is 5.26 Å². The second kappa shape index (κ2) is 7.35. The van der Waals surface area contributed by atoms with Crippen molar-refractivity contribution in [2.45, 2.75) is 20.0 Å². The van der Waals surface area contributed by atoms with E-state index >= 15 is 0 Å². The van der Waals surface area contributed by atoms with E-state index in [0.29, 0.717) is 5.75 Å². The van der Waals surface area contributed by atoms with E-state index in [1.54, 1.807) is 30.7 Å². The van der Waals surface area contributed by atoms with Gasteiger partial charge in [-0.05, 0) is 26.0 Å². The second-order valence-corrected chi connectivity index (χ2v) is 5.55. The highest BCUT2D eigenvalue weighted by molar-refractivity contribution is 7.91. The lowest BCUT2D eigenvalue weighted by molar-refractivity contribution is 0.121. The zero-order valence-electron chi connectivity index (χ0n) is 11.5. The zero-order chi connectivity index (χ0) is 15.9. The minimum absolute atomic E-state index is 0.158. The predicted molar refractivity (Wildman–Crippen MR) is 74.8 cm³/mol. The summed E-state index contributed by atoms with van der Waals surface area (Å²) in [4.78, 5) is 11.3. The van der Waals surface area contributed by atoms with Crippen molar-refractivity contribution in [2.75, 3.05) is 11.3 Å². The third-order valence-corrected chi connectivity index (χ3v) is 2.89. The molecule has 0 atom stereocenters. The van der Waals surface area contributed by atoms with E-state index in [2.05, 4.69) is 9.46 Å². The number of hydrogen-bond acceptors (Lipinski definition) is 6. The average Bonchev–Trinajstić information content (AvgIpc) is 2.34. The third kappa shape index (κ3) is 6.49. The molecule has 0 saturated carbocycles. The summed E-state index contributed by atoms with van der Waals surface area (Å²) in [5.41, 5.74) is 0.176.